The van der Waals surface area contributed by atoms with Crippen LogP contribution in [-0.2, 0) is 19.1 Å². The van der Waals surface area contributed by atoms with Gasteiger partial charge in [-0.25, -0.2) is 0 Å². The summed E-state index contributed by atoms with van der Waals surface area (Å²) in [5.74, 6) is -1.57. The third-order valence-electron chi connectivity index (χ3n) is 8.45. The lowest BCUT2D eigenvalue weighted by Crippen LogP contribution is -2.60. The molecule has 4 unspecified atom stereocenters. The van der Waals surface area contributed by atoms with Crippen LogP contribution < -0.4 is 0 Å². The van der Waals surface area contributed by atoms with Crippen LogP contribution in [0.2, 0.25) is 0 Å². The number of likely N-dealkylation sites (tertiary alicyclic amines) is 1. The van der Waals surface area contributed by atoms with Crippen LogP contribution in [0.3, 0.4) is 0 Å². The predicted molar refractivity (Wildman–Crippen MR) is 148 cm³/mol. The molecular formula is C29H46N2O5S. The molecule has 3 heterocycles. The van der Waals surface area contributed by atoms with Gasteiger partial charge >= 0.3 is 5.97 Å². The Balaban J connectivity index is 2.11. The molecule has 37 heavy (non-hydrogen) atoms. The maximum absolute atomic E-state index is 14.5. The number of nitrogens with zero attached hydrogens (tertiary/aromatic N) is 2. The number of esters is 1. The van der Waals surface area contributed by atoms with Crippen molar-refractivity contribution in [3.8, 4) is 0 Å². The minimum absolute atomic E-state index is 0.0147. The first kappa shape index (κ1) is 29.8. The summed E-state index contributed by atoms with van der Waals surface area (Å²) in [6, 6.07) is -1.24. The van der Waals surface area contributed by atoms with Gasteiger partial charge < -0.3 is 19.6 Å². The van der Waals surface area contributed by atoms with Crippen molar-refractivity contribution >= 4 is 29.5 Å². The molecule has 3 rings (SSSR count). The fraction of sp³-hybridized carbons (Fsp3) is 0.759. The third kappa shape index (κ3) is 5.25. The molecule has 3 saturated heterocycles. The van der Waals surface area contributed by atoms with E-state index in [9.17, 15) is 19.5 Å². The van der Waals surface area contributed by atoms with Crippen molar-refractivity contribution in [2.24, 2.45) is 23.7 Å². The highest BCUT2D eigenvalue weighted by molar-refractivity contribution is 8.02. The van der Waals surface area contributed by atoms with Gasteiger partial charge in [-0.15, -0.1) is 24.9 Å². The maximum Gasteiger partial charge on any atom is 0.310 e. The molecule has 3 aliphatic rings. The van der Waals surface area contributed by atoms with Crippen LogP contribution in [0.1, 0.15) is 66.7 Å². The SMILES string of the molecule is C=CCCOC(=O)[C@@H]1[C@H]2C(=O)N([C@@H](CO)CC(C)C)C(C(=O)N(CC=C)C(C)CCC)C23S[C@@H]1CC3C. The molecule has 0 saturated carbocycles. The molecule has 8 atom stereocenters. The molecule has 1 spiro atoms. The Morgan fingerprint density at radius 2 is 2.00 bits per heavy atom. The molecule has 0 aliphatic carbocycles. The smallest absolute Gasteiger partial charge is 0.310 e. The Kier molecular flexibility index (Phi) is 9.95. The van der Waals surface area contributed by atoms with Crippen LogP contribution in [0.25, 0.3) is 0 Å². The van der Waals surface area contributed by atoms with Gasteiger partial charge in [0.15, 0.2) is 0 Å². The number of amides is 2. The van der Waals surface area contributed by atoms with Gasteiger partial charge in [-0.3, -0.25) is 14.4 Å². The fourth-order valence-electron chi connectivity index (χ4n) is 6.92. The molecule has 208 valence electrons. The molecular weight excluding hydrogens is 488 g/mol. The van der Waals surface area contributed by atoms with E-state index in [-0.39, 0.29) is 54.1 Å². The Labute approximate surface area is 227 Å². The third-order valence-corrected chi connectivity index (χ3v) is 10.5. The second kappa shape index (κ2) is 12.4. The lowest BCUT2D eigenvalue weighted by molar-refractivity contribution is -0.155. The van der Waals surface area contributed by atoms with Gasteiger partial charge in [0.1, 0.15) is 6.04 Å². The zero-order valence-electron chi connectivity index (χ0n) is 23.2. The van der Waals surface area contributed by atoms with Gasteiger partial charge in [-0.1, -0.05) is 46.3 Å². The number of hydrogen-bond acceptors (Lipinski definition) is 6. The summed E-state index contributed by atoms with van der Waals surface area (Å²) >= 11 is 1.65. The van der Waals surface area contributed by atoms with Crippen LogP contribution in [-0.4, -0.2) is 80.6 Å². The van der Waals surface area contributed by atoms with E-state index in [4.69, 9.17) is 4.74 Å². The number of ether oxygens (including phenoxy) is 1. The largest absolute Gasteiger partial charge is 0.465 e. The normalized spacial score (nSPS) is 31.8. The van der Waals surface area contributed by atoms with E-state index in [0.29, 0.717) is 19.4 Å². The van der Waals surface area contributed by atoms with Crippen molar-refractivity contribution in [1.82, 2.24) is 9.80 Å². The first-order valence-corrected chi connectivity index (χ1v) is 14.8. The van der Waals surface area contributed by atoms with E-state index in [1.165, 1.54) is 0 Å². The number of hydrogen-bond donors (Lipinski definition) is 1. The summed E-state index contributed by atoms with van der Waals surface area (Å²) in [4.78, 5) is 45.7. The number of rotatable bonds is 14. The van der Waals surface area contributed by atoms with E-state index in [1.807, 2.05) is 11.8 Å². The molecule has 1 N–H and O–H groups in total. The Bertz CT molecular complexity index is 878. The molecule has 0 radical (unpaired) electrons. The topological polar surface area (TPSA) is 87.1 Å². The van der Waals surface area contributed by atoms with Crippen LogP contribution in [0.15, 0.2) is 25.3 Å². The number of aliphatic hydroxyl groups is 1. The highest BCUT2D eigenvalue weighted by Crippen LogP contribution is 2.69. The highest BCUT2D eigenvalue weighted by atomic mass is 32.2. The fourth-order valence-corrected chi connectivity index (χ4v) is 9.31. The van der Waals surface area contributed by atoms with Crippen LogP contribution in [0, 0.1) is 23.7 Å². The lowest BCUT2D eigenvalue weighted by Gasteiger charge is -2.43. The van der Waals surface area contributed by atoms with E-state index >= 15 is 0 Å². The van der Waals surface area contributed by atoms with Gasteiger partial charge in [-0.2, -0.15) is 0 Å². The molecule has 3 fully saturated rings. The van der Waals surface area contributed by atoms with Crippen molar-refractivity contribution in [1.29, 1.82) is 0 Å². The molecule has 2 amide bonds. The van der Waals surface area contributed by atoms with Crippen molar-refractivity contribution in [3.05, 3.63) is 25.3 Å². The van der Waals surface area contributed by atoms with Gasteiger partial charge in [0.05, 0.1) is 35.8 Å². The second-order valence-electron chi connectivity index (χ2n) is 11.4. The molecule has 0 aromatic rings. The van der Waals surface area contributed by atoms with Crippen molar-refractivity contribution in [2.75, 3.05) is 19.8 Å². The Morgan fingerprint density at radius 3 is 2.57 bits per heavy atom. The van der Waals surface area contributed by atoms with Crippen LogP contribution in [0.4, 0.5) is 0 Å². The van der Waals surface area contributed by atoms with Gasteiger partial charge in [0.25, 0.3) is 0 Å². The number of carbonyl (C=O) groups is 3. The van der Waals surface area contributed by atoms with Gasteiger partial charge in [0, 0.05) is 17.8 Å². The number of fused-ring (bicyclic) bond motifs is 1. The monoisotopic (exact) mass is 534 g/mol. The predicted octanol–water partition coefficient (Wildman–Crippen LogP) is 4.05. The average molecular weight is 535 g/mol. The zero-order chi connectivity index (χ0) is 27.5. The van der Waals surface area contributed by atoms with E-state index in [0.717, 1.165) is 19.3 Å². The molecule has 0 aromatic carbocycles. The average Bonchev–Trinajstić information content (AvgIpc) is 3.44. The standard InChI is InChI=1S/C29H46N2O5S/c1-8-11-14-36-28(35)23-22-16-19(6)29(37-22)24(23)26(33)31(21(17-32)15-18(4)5)25(29)27(34)30(13-10-3)20(7)12-9-2/h8,10,18-25,32H,1,3,9,11-17H2,2,4-7H3/t19?,20?,21-,22-,23+,24+,25?,29?/m1/s1. The highest BCUT2D eigenvalue weighted by Gasteiger charge is 2.77. The summed E-state index contributed by atoms with van der Waals surface area (Å²) in [5, 5.41) is 10.4. The second-order valence-corrected chi connectivity index (χ2v) is 13.0. The van der Waals surface area contributed by atoms with E-state index in [2.05, 4.69) is 40.9 Å². The molecule has 7 nitrogen and oxygen atoms in total. The minimum atomic E-state index is -0.740. The summed E-state index contributed by atoms with van der Waals surface area (Å²) in [5.41, 5.74) is 0. The van der Waals surface area contributed by atoms with Gasteiger partial charge in [0.2, 0.25) is 11.8 Å². The summed E-state index contributed by atoms with van der Waals surface area (Å²) in [6.45, 7) is 18.3. The molecule has 2 bridgehead atoms. The zero-order valence-corrected chi connectivity index (χ0v) is 24.0. The number of thioether (sulfide) groups is 1. The molecule has 0 aromatic heterocycles. The lowest BCUT2D eigenvalue weighted by atomic mass is 9.66. The summed E-state index contributed by atoms with van der Waals surface area (Å²) < 4.78 is 4.87. The first-order chi connectivity index (χ1) is 17.6. The van der Waals surface area contributed by atoms with Gasteiger partial charge in [-0.05, 0) is 44.4 Å². The van der Waals surface area contributed by atoms with Crippen LogP contribution >= 0.6 is 11.8 Å². The van der Waals surface area contributed by atoms with Crippen molar-refractivity contribution < 1.29 is 24.2 Å². The maximum atomic E-state index is 14.5. The van der Waals surface area contributed by atoms with Crippen molar-refractivity contribution in [3.63, 3.8) is 0 Å². The summed E-state index contributed by atoms with van der Waals surface area (Å²) in [7, 11) is 0. The quantitative estimate of drug-likeness (QED) is 0.206. The number of aliphatic hydroxyl groups excluding tert-OH is 1. The first-order valence-electron chi connectivity index (χ1n) is 13.9. The van der Waals surface area contributed by atoms with Crippen molar-refractivity contribution in [2.45, 2.75) is 94.8 Å². The molecule has 3 aliphatic heterocycles. The number of carbonyl (C=O) groups excluding carboxylic acids is 3. The Hall–Kier alpha value is -1.80. The molecule has 8 heteroatoms. The van der Waals surface area contributed by atoms with Crippen LogP contribution in [0.5, 0.6) is 0 Å². The minimum Gasteiger partial charge on any atom is -0.465 e. The Morgan fingerprint density at radius 1 is 1.30 bits per heavy atom. The summed E-state index contributed by atoms with van der Waals surface area (Å²) in [6.07, 6.45) is 7.10. The van der Waals surface area contributed by atoms with E-state index in [1.54, 1.807) is 28.8 Å². The van der Waals surface area contributed by atoms with E-state index < -0.39 is 28.7 Å².